The van der Waals surface area contributed by atoms with E-state index in [4.69, 9.17) is 11.6 Å². The molecule has 15 heavy (non-hydrogen) atoms. The topological polar surface area (TPSA) is 37.4 Å². The van der Waals surface area contributed by atoms with E-state index in [0.717, 1.165) is 12.8 Å². The Morgan fingerprint density at radius 1 is 1.73 bits per heavy atom. The number of hydrogen-bond acceptors (Lipinski definition) is 2. The van der Waals surface area contributed by atoms with E-state index in [1.807, 2.05) is 0 Å². The van der Waals surface area contributed by atoms with Crippen LogP contribution in [-0.4, -0.2) is 29.1 Å². The first-order valence-corrected chi connectivity index (χ1v) is 5.50. The molecule has 1 atom stereocenters. The molecule has 0 aromatic carbocycles. The zero-order valence-electron chi connectivity index (χ0n) is 8.96. The molecule has 0 aromatic heterocycles. The number of hydrogen-bond donors (Lipinski definition) is 0. The highest BCUT2D eigenvalue weighted by atomic mass is 35.5. The molecule has 1 saturated heterocycles. The Balaban J connectivity index is 2.75. The first-order chi connectivity index (χ1) is 7.02. The van der Waals surface area contributed by atoms with Crippen molar-refractivity contribution in [3.63, 3.8) is 0 Å². The molecule has 0 saturated carbocycles. The Morgan fingerprint density at radius 2 is 2.40 bits per heavy atom. The van der Waals surface area contributed by atoms with Crippen LogP contribution in [0.25, 0.3) is 0 Å². The third kappa shape index (κ3) is 2.40. The van der Waals surface area contributed by atoms with Crippen molar-refractivity contribution in [2.24, 2.45) is 5.41 Å². The van der Waals surface area contributed by atoms with Gasteiger partial charge in [-0.15, -0.1) is 6.58 Å². The molecule has 3 nitrogen and oxygen atoms in total. The van der Waals surface area contributed by atoms with Crippen LogP contribution in [0.5, 0.6) is 0 Å². The summed E-state index contributed by atoms with van der Waals surface area (Å²) >= 11 is 5.49. The predicted octanol–water partition coefficient (Wildman–Crippen LogP) is 1.96. The van der Waals surface area contributed by atoms with Crippen LogP contribution in [0, 0.1) is 5.41 Å². The minimum Gasteiger partial charge on any atom is -0.341 e. The molecular weight excluding hydrogens is 214 g/mol. The summed E-state index contributed by atoms with van der Waals surface area (Å²) in [6.45, 7) is 6.58. The lowest BCUT2D eigenvalue weighted by Crippen LogP contribution is -2.50. The molecule has 1 amide bonds. The molecule has 0 aliphatic carbocycles. The Labute approximate surface area is 95.1 Å². The van der Waals surface area contributed by atoms with Gasteiger partial charge in [0.1, 0.15) is 5.41 Å². The number of rotatable bonds is 4. The van der Waals surface area contributed by atoms with Crippen molar-refractivity contribution in [2.75, 3.05) is 13.1 Å². The van der Waals surface area contributed by atoms with Crippen molar-refractivity contribution in [3.05, 3.63) is 12.7 Å². The molecule has 1 heterocycles. The fourth-order valence-corrected chi connectivity index (χ4v) is 2.00. The van der Waals surface area contributed by atoms with Crippen LogP contribution in [0.1, 0.15) is 26.2 Å². The number of carbonyl (C=O) groups excluding carboxylic acids is 2. The molecule has 1 rings (SSSR count). The van der Waals surface area contributed by atoms with Crippen LogP contribution in [0.4, 0.5) is 0 Å². The highest BCUT2D eigenvalue weighted by molar-refractivity contribution is 6.66. The maximum Gasteiger partial charge on any atom is 0.237 e. The van der Waals surface area contributed by atoms with Crippen LogP contribution in [-0.2, 0) is 9.59 Å². The highest BCUT2D eigenvalue weighted by Crippen LogP contribution is 2.33. The summed E-state index contributed by atoms with van der Waals surface area (Å²) in [6, 6.07) is 0. The van der Waals surface area contributed by atoms with Gasteiger partial charge in [0, 0.05) is 13.1 Å². The van der Waals surface area contributed by atoms with Crippen LogP contribution < -0.4 is 0 Å². The second-order valence-electron chi connectivity index (χ2n) is 4.08. The second kappa shape index (κ2) is 4.79. The molecule has 84 valence electrons. The van der Waals surface area contributed by atoms with E-state index in [1.54, 1.807) is 17.9 Å². The molecule has 0 bridgehead atoms. The van der Waals surface area contributed by atoms with Crippen molar-refractivity contribution in [3.8, 4) is 0 Å². The fourth-order valence-electron chi connectivity index (χ4n) is 1.82. The average Bonchev–Trinajstić information content (AvgIpc) is 2.20. The molecule has 1 unspecified atom stereocenters. The molecular formula is C11H16ClNO2. The Bertz CT molecular complexity index is 290. The Hall–Kier alpha value is -0.830. The number of halogens is 1. The van der Waals surface area contributed by atoms with E-state index >= 15 is 0 Å². The van der Waals surface area contributed by atoms with Gasteiger partial charge in [-0.3, -0.25) is 9.59 Å². The minimum absolute atomic E-state index is 0.143. The molecule has 1 aliphatic heterocycles. The number of amides is 1. The van der Waals surface area contributed by atoms with Gasteiger partial charge < -0.3 is 4.90 Å². The van der Waals surface area contributed by atoms with Gasteiger partial charge in [-0.1, -0.05) is 6.08 Å². The number of carbonyl (C=O) groups is 2. The average molecular weight is 230 g/mol. The summed E-state index contributed by atoms with van der Waals surface area (Å²) < 4.78 is 0. The van der Waals surface area contributed by atoms with E-state index in [2.05, 4.69) is 6.58 Å². The summed E-state index contributed by atoms with van der Waals surface area (Å²) in [7, 11) is 0. The van der Waals surface area contributed by atoms with Gasteiger partial charge in [-0.2, -0.15) is 0 Å². The van der Waals surface area contributed by atoms with Crippen LogP contribution in [0.15, 0.2) is 12.7 Å². The lowest BCUT2D eigenvalue weighted by molar-refractivity contribution is -0.149. The van der Waals surface area contributed by atoms with E-state index in [1.165, 1.54) is 0 Å². The summed E-state index contributed by atoms with van der Waals surface area (Å²) in [6.07, 6.45) is 3.90. The van der Waals surface area contributed by atoms with Crippen molar-refractivity contribution in [2.45, 2.75) is 26.2 Å². The maximum absolute atomic E-state index is 12.0. The third-order valence-electron chi connectivity index (χ3n) is 2.90. The number of nitrogens with zero attached hydrogens (tertiary/aromatic N) is 1. The first kappa shape index (κ1) is 12.2. The smallest absolute Gasteiger partial charge is 0.237 e. The molecule has 4 heteroatoms. The fraction of sp³-hybridized carbons (Fsp3) is 0.636. The lowest BCUT2D eigenvalue weighted by Gasteiger charge is -2.36. The van der Waals surface area contributed by atoms with Gasteiger partial charge in [0.25, 0.3) is 0 Å². The van der Waals surface area contributed by atoms with Gasteiger partial charge in [0.05, 0.1) is 0 Å². The number of likely N-dealkylation sites (tertiary alicyclic amines) is 1. The van der Waals surface area contributed by atoms with Gasteiger partial charge >= 0.3 is 0 Å². The zero-order valence-corrected chi connectivity index (χ0v) is 9.72. The molecule has 0 radical (unpaired) electrons. The van der Waals surface area contributed by atoms with E-state index in [0.29, 0.717) is 19.5 Å². The second-order valence-corrected chi connectivity index (χ2v) is 4.42. The normalized spacial score (nSPS) is 26.5. The lowest BCUT2D eigenvalue weighted by atomic mass is 9.82. The van der Waals surface area contributed by atoms with Gasteiger partial charge in [0.15, 0.2) is 0 Å². The predicted molar refractivity (Wildman–Crippen MR) is 59.6 cm³/mol. The third-order valence-corrected chi connectivity index (χ3v) is 3.32. The van der Waals surface area contributed by atoms with E-state index < -0.39 is 10.7 Å². The summed E-state index contributed by atoms with van der Waals surface area (Å²) in [5, 5.41) is -0.546. The summed E-state index contributed by atoms with van der Waals surface area (Å²) in [4.78, 5) is 24.9. The molecule has 1 aliphatic rings. The van der Waals surface area contributed by atoms with E-state index in [9.17, 15) is 9.59 Å². The Morgan fingerprint density at radius 3 is 2.93 bits per heavy atom. The van der Waals surface area contributed by atoms with Crippen LogP contribution in [0.2, 0.25) is 0 Å². The maximum atomic E-state index is 12.0. The standard InChI is InChI=1S/C11H16ClNO2/c1-3-4-7-13-8-5-6-11(2,9(12)14)10(13)15/h3H,1,4-8H2,2H3. The zero-order chi connectivity index (χ0) is 11.5. The first-order valence-electron chi connectivity index (χ1n) is 5.12. The monoisotopic (exact) mass is 229 g/mol. The van der Waals surface area contributed by atoms with Crippen molar-refractivity contribution >= 4 is 22.8 Å². The molecule has 0 spiro atoms. The molecule has 1 fully saturated rings. The van der Waals surface area contributed by atoms with Crippen LogP contribution in [0.3, 0.4) is 0 Å². The largest absolute Gasteiger partial charge is 0.341 e. The van der Waals surface area contributed by atoms with Crippen molar-refractivity contribution in [1.82, 2.24) is 4.90 Å². The summed E-state index contributed by atoms with van der Waals surface area (Å²) in [5.74, 6) is -0.143. The number of piperidine rings is 1. The van der Waals surface area contributed by atoms with Crippen LogP contribution >= 0.6 is 11.6 Å². The van der Waals surface area contributed by atoms with Gasteiger partial charge in [-0.05, 0) is 37.8 Å². The Kier molecular flexibility index (Phi) is 3.91. The highest BCUT2D eigenvalue weighted by Gasteiger charge is 2.44. The van der Waals surface area contributed by atoms with Gasteiger partial charge in [0.2, 0.25) is 11.1 Å². The molecule has 0 N–H and O–H groups in total. The van der Waals surface area contributed by atoms with Crippen molar-refractivity contribution in [1.29, 1.82) is 0 Å². The summed E-state index contributed by atoms with van der Waals surface area (Å²) in [5.41, 5.74) is -1.01. The quantitative estimate of drug-likeness (QED) is 0.420. The van der Waals surface area contributed by atoms with E-state index in [-0.39, 0.29) is 5.91 Å². The molecule has 0 aromatic rings. The minimum atomic E-state index is -1.01. The van der Waals surface area contributed by atoms with Gasteiger partial charge in [-0.25, -0.2) is 0 Å². The SMILES string of the molecule is C=CCCN1CCCC(C)(C(=O)Cl)C1=O. The van der Waals surface area contributed by atoms with Crippen molar-refractivity contribution < 1.29 is 9.59 Å².